The maximum atomic E-state index is 5.39. The van der Waals surface area contributed by atoms with Crippen molar-refractivity contribution < 1.29 is 0 Å². The first-order valence-electron chi connectivity index (χ1n) is 4.82. The third kappa shape index (κ3) is 6.21. The molecule has 13 heavy (non-hydrogen) atoms. The van der Waals surface area contributed by atoms with Gasteiger partial charge in [-0.3, -0.25) is 0 Å². The van der Waals surface area contributed by atoms with Gasteiger partial charge in [0.1, 0.15) is 0 Å². The van der Waals surface area contributed by atoms with Gasteiger partial charge in [0.2, 0.25) is 0 Å². The van der Waals surface area contributed by atoms with E-state index in [9.17, 15) is 0 Å². The minimum absolute atomic E-state index is 0.274. The van der Waals surface area contributed by atoms with Crippen LogP contribution >= 0.6 is 0 Å². The summed E-state index contributed by atoms with van der Waals surface area (Å²) >= 11 is -1.91. The van der Waals surface area contributed by atoms with Crippen molar-refractivity contribution in [1.29, 1.82) is 0 Å². The van der Waals surface area contributed by atoms with E-state index in [1.54, 1.807) is 3.59 Å². The van der Waals surface area contributed by atoms with E-state index in [1.807, 2.05) is 0 Å². The van der Waals surface area contributed by atoms with E-state index >= 15 is 0 Å². The second kappa shape index (κ2) is 4.55. The molecule has 0 saturated carbocycles. The fourth-order valence-corrected chi connectivity index (χ4v) is 5.44. The molecule has 0 aliphatic heterocycles. The van der Waals surface area contributed by atoms with Gasteiger partial charge in [-0.15, -0.1) is 0 Å². The zero-order valence-corrected chi connectivity index (χ0v) is 12.7. The Hall–Kier alpha value is 0.0987. The number of rotatable bonds is 2. The Morgan fingerprint density at radius 2 is 1.77 bits per heavy atom. The Labute approximate surface area is 87.7 Å². The molecule has 0 aromatic heterocycles. The van der Waals surface area contributed by atoms with Crippen LogP contribution in [0.15, 0.2) is 9.67 Å². The molecule has 0 saturated heterocycles. The third-order valence-corrected chi connectivity index (χ3v) is 8.28. The molecule has 0 aromatic rings. The van der Waals surface area contributed by atoms with Gasteiger partial charge >= 0.3 is 87.8 Å². The normalized spacial score (nSPS) is 14.1. The van der Waals surface area contributed by atoms with E-state index in [2.05, 4.69) is 47.6 Å². The van der Waals surface area contributed by atoms with Crippen LogP contribution in [0.25, 0.3) is 0 Å². The molecule has 0 heterocycles. The first-order valence-corrected chi connectivity index (χ1v) is 14.8. The van der Waals surface area contributed by atoms with E-state index in [0.717, 1.165) is 6.42 Å². The third-order valence-electron chi connectivity index (χ3n) is 1.86. The predicted octanol–water partition coefficient (Wildman–Crippen LogP) is 3.86. The molecule has 0 aliphatic carbocycles. The first kappa shape index (κ1) is 13.1. The van der Waals surface area contributed by atoms with E-state index in [-0.39, 0.29) is 5.41 Å². The molecule has 0 N–H and O–H groups in total. The summed E-state index contributed by atoms with van der Waals surface area (Å²) in [5.74, 6) is 2.78. The molecule has 0 aromatic carbocycles. The second-order valence-electron chi connectivity index (χ2n) is 5.67. The summed E-state index contributed by atoms with van der Waals surface area (Å²) < 4.78 is 1.57. The van der Waals surface area contributed by atoms with E-state index < -0.39 is 18.4 Å². The fraction of sp³-hybridized carbons (Fsp3) is 0.667. The molecular weight excluding hydrogens is 263 g/mol. The first-order chi connectivity index (χ1) is 5.67. The van der Waals surface area contributed by atoms with Crippen LogP contribution < -0.4 is 0 Å². The molecule has 0 nitrogen and oxygen atoms in total. The zero-order chi connectivity index (χ0) is 10.7. The standard InChI is InChI=1S/C9H13.3CH3.Sn/c1-5-6-7-8-9(2,3)4;;;;/h1,8H,6H2,2-4H3;3*1H3;. The van der Waals surface area contributed by atoms with Crippen LogP contribution in [0.1, 0.15) is 27.2 Å². The van der Waals surface area contributed by atoms with Crippen molar-refractivity contribution in [2.24, 2.45) is 5.41 Å². The summed E-state index contributed by atoms with van der Waals surface area (Å²) in [5.41, 5.74) is 0.274. The molecule has 0 radical (unpaired) electrons. The second-order valence-corrected chi connectivity index (χ2v) is 20.3. The van der Waals surface area contributed by atoms with Crippen molar-refractivity contribution in [3.8, 4) is 12.3 Å². The fourth-order valence-electron chi connectivity index (χ4n) is 1.17. The predicted molar refractivity (Wildman–Crippen MR) is 64.3 cm³/mol. The van der Waals surface area contributed by atoms with Gasteiger partial charge in [0.15, 0.2) is 0 Å². The number of terminal acetylenes is 1. The van der Waals surface area contributed by atoms with Crippen molar-refractivity contribution >= 4 is 18.4 Å². The number of hydrogen-bond donors (Lipinski definition) is 0. The molecule has 0 fully saturated rings. The Morgan fingerprint density at radius 1 is 1.31 bits per heavy atom. The topological polar surface area (TPSA) is 0 Å². The van der Waals surface area contributed by atoms with Crippen molar-refractivity contribution in [3.05, 3.63) is 9.67 Å². The van der Waals surface area contributed by atoms with Gasteiger partial charge in [-0.2, -0.15) is 0 Å². The van der Waals surface area contributed by atoms with Gasteiger partial charge in [0.25, 0.3) is 0 Å². The monoisotopic (exact) mass is 286 g/mol. The van der Waals surface area contributed by atoms with Crippen LogP contribution in [-0.2, 0) is 0 Å². The summed E-state index contributed by atoms with van der Waals surface area (Å²) in [4.78, 5) is 7.26. The molecule has 0 unspecified atom stereocenters. The van der Waals surface area contributed by atoms with Crippen LogP contribution in [0.5, 0.6) is 0 Å². The van der Waals surface area contributed by atoms with Gasteiger partial charge in [-0.05, 0) is 0 Å². The van der Waals surface area contributed by atoms with Gasteiger partial charge in [0.05, 0.1) is 0 Å². The van der Waals surface area contributed by atoms with Gasteiger partial charge in [-0.1, -0.05) is 0 Å². The van der Waals surface area contributed by atoms with Gasteiger partial charge < -0.3 is 0 Å². The molecule has 0 rings (SSSR count). The molecule has 0 amide bonds. The average molecular weight is 285 g/mol. The SMILES string of the molecule is C#CC/[C](=C\C(C)(C)C)[Sn]([CH3])([CH3])[CH3]. The molecular formula is C12H22Sn. The summed E-state index contributed by atoms with van der Waals surface area (Å²) in [5, 5.41) is 0. The van der Waals surface area contributed by atoms with Crippen molar-refractivity contribution in [1.82, 2.24) is 0 Å². The van der Waals surface area contributed by atoms with Gasteiger partial charge in [0, 0.05) is 0 Å². The molecule has 74 valence electrons. The number of allylic oxidation sites excluding steroid dienone is 2. The molecule has 0 aliphatic rings. The zero-order valence-electron chi connectivity index (χ0n) is 9.86. The van der Waals surface area contributed by atoms with Crippen LogP contribution in [-0.4, -0.2) is 18.4 Å². The Kier molecular flexibility index (Phi) is 4.58. The van der Waals surface area contributed by atoms with Crippen LogP contribution in [0.3, 0.4) is 0 Å². The van der Waals surface area contributed by atoms with Crippen LogP contribution in [0.2, 0.25) is 14.8 Å². The Balaban J connectivity index is 4.85. The maximum absolute atomic E-state index is 5.39. The number of hydrogen-bond acceptors (Lipinski definition) is 0. The Bertz CT molecular complexity index is 227. The van der Waals surface area contributed by atoms with Crippen LogP contribution in [0.4, 0.5) is 0 Å². The minimum atomic E-state index is -1.91. The Morgan fingerprint density at radius 3 is 2.00 bits per heavy atom. The van der Waals surface area contributed by atoms with Crippen LogP contribution in [0, 0.1) is 17.8 Å². The van der Waals surface area contributed by atoms with Crippen molar-refractivity contribution in [3.63, 3.8) is 0 Å². The van der Waals surface area contributed by atoms with Crippen molar-refractivity contribution in [2.45, 2.75) is 42.0 Å². The molecule has 0 bridgehead atoms. The van der Waals surface area contributed by atoms with Gasteiger partial charge in [-0.25, -0.2) is 0 Å². The summed E-state index contributed by atoms with van der Waals surface area (Å²) in [6.45, 7) is 6.71. The summed E-state index contributed by atoms with van der Waals surface area (Å²) in [7, 11) is 0. The quantitative estimate of drug-likeness (QED) is 0.534. The molecule has 1 heteroatoms. The average Bonchev–Trinajstić information content (AvgIpc) is 1.81. The van der Waals surface area contributed by atoms with Crippen molar-refractivity contribution in [2.75, 3.05) is 0 Å². The molecule has 0 spiro atoms. The summed E-state index contributed by atoms with van der Waals surface area (Å²) in [6, 6.07) is 0. The van der Waals surface area contributed by atoms with E-state index in [1.165, 1.54) is 0 Å². The summed E-state index contributed by atoms with van der Waals surface area (Å²) in [6.07, 6.45) is 8.64. The molecule has 0 atom stereocenters. The van der Waals surface area contributed by atoms with E-state index in [0.29, 0.717) is 0 Å². The van der Waals surface area contributed by atoms with E-state index in [4.69, 9.17) is 6.42 Å².